The number of benzene rings is 4. The van der Waals surface area contributed by atoms with E-state index in [-0.39, 0.29) is 0 Å². The van der Waals surface area contributed by atoms with Crippen LogP contribution in [-0.4, -0.2) is 25.0 Å². The zero-order chi connectivity index (χ0) is 27.6. The molecule has 0 N–H and O–H groups in total. The molecule has 39 heavy (non-hydrogen) atoms. The minimum atomic E-state index is 1.01. The summed E-state index contributed by atoms with van der Waals surface area (Å²) < 4.78 is 7.23. The van der Waals surface area contributed by atoms with Crippen LogP contribution in [0.2, 0.25) is 0 Å². The van der Waals surface area contributed by atoms with Gasteiger partial charge < -0.3 is 4.18 Å². The second kappa shape index (κ2) is 14.5. The molecule has 0 amide bonds. The molecule has 0 aromatic heterocycles. The lowest BCUT2D eigenvalue weighted by Gasteiger charge is -2.14. The summed E-state index contributed by atoms with van der Waals surface area (Å²) >= 11 is 1.40. The van der Waals surface area contributed by atoms with Crippen molar-refractivity contribution in [1.82, 2.24) is 4.31 Å². The third-order valence-electron chi connectivity index (χ3n) is 7.53. The molecule has 0 unspecified atom stereocenters. The van der Waals surface area contributed by atoms with E-state index >= 15 is 0 Å². The lowest BCUT2D eigenvalue weighted by atomic mass is 9.91. The van der Waals surface area contributed by atoms with Crippen molar-refractivity contribution >= 4 is 12.2 Å². The average Bonchev–Trinajstić information content (AvgIpc) is 2.94. The fourth-order valence-corrected chi connectivity index (χ4v) is 5.74. The van der Waals surface area contributed by atoms with Crippen molar-refractivity contribution in [3.8, 4) is 33.4 Å². The van der Waals surface area contributed by atoms with E-state index in [1.807, 2.05) is 0 Å². The van der Waals surface area contributed by atoms with Gasteiger partial charge in [-0.1, -0.05) is 105 Å². The molecule has 0 saturated heterocycles. The van der Waals surface area contributed by atoms with Crippen molar-refractivity contribution < 1.29 is 4.18 Å². The van der Waals surface area contributed by atoms with E-state index in [0.29, 0.717) is 0 Å². The number of unbranched alkanes of at least 4 members (excludes halogenated alkanes) is 2. The molecule has 0 aliphatic carbocycles. The first kappa shape index (κ1) is 29.1. The number of aryl methyl sites for hydroxylation is 4. The molecule has 0 saturated carbocycles. The second-order valence-electron chi connectivity index (χ2n) is 10.6. The van der Waals surface area contributed by atoms with Crippen molar-refractivity contribution in [2.45, 2.75) is 59.3 Å². The van der Waals surface area contributed by atoms with Crippen LogP contribution >= 0.6 is 12.2 Å². The van der Waals surface area contributed by atoms with Gasteiger partial charge in [0.2, 0.25) is 0 Å². The number of rotatable bonds is 13. The Morgan fingerprint density at radius 3 is 1.72 bits per heavy atom. The molecule has 4 rings (SSSR count). The minimum Gasteiger partial charge on any atom is -0.304 e. The van der Waals surface area contributed by atoms with Crippen LogP contribution in [0.5, 0.6) is 0 Å². The van der Waals surface area contributed by atoms with Gasteiger partial charge in [-0.05, 0) is 102 Å². The lowest BCUT2D eigenvalue weighted by Crippen LogP contribution is -2.11. The predicted molar refractivity (Wildman–Crippen MR) is 171 cm³/mol. The van der Waals surface area contributed by atoms with Crippen LogP contribution in [0.15, 0.2) is 84.9 Å². The number of hydrogen-bond donors (Lipinski definition) is 0. The zero-order valence-corrected chi connectivity index (χ0v) is 25.1. The Labute approximate surface area is 240 Å². The first-order valence-electron chi connectivity index (χ1n) is 14.3. The standard InChI is InChI=1S/C36H43NOS/c1-6-7-8-10-29-12-16-31(17-13-29)33-20-22-36(27(2)25-33)34-21-23-35(28(3)26-34)32-18-14-30(15-19-32)11-9-24-37(4)39-38-5/h12-23,25-26H,6-11,24H2,1-5H3. The van der Waals surface area contributed by atoms with Crippen LogP contribution in [-0.2, 0) is 17.0 Å². The molecule has 0 atom stereocenters. The van der Waals surface area contributed by atoms with Crippen LogP contribution in [0, 0.1) is 13.8 Å². The van der Waals surface area contributed by atoms with Gasteiger partial charge in [0, 0.05) is 6.54 Å². The molecule has 0 aliphatic heterocycles. The van der Waals surface area contributed by atoms with Crippen molar-refractivity contribution in [2.75, 3.05) is 20.7 Å². The normalized spacial score (nSPS) is 11.3. The maximum atomic E-state index is 5.11. The first-order chi connectivity index (χ1) is 19.0. The van der Waals surface area contributed by atoms with Crippen LogP contribution < -0.4 is 0 Å². The van der Waals surface area contributed by atoms with E-state index in [1.54, 1.807) is 7.11 Å². The Morgan fingerprint density at radius 2 is 1.13 bits per heavy atom. The highest BCUT2D eigenvalue weighted by Crippen LogP contribution is 2.32. The average molecular weight is 538 g/mol. The third kappa shape index (κ3) is 8.08. The van der Waals surface area contributed by atoms with Gasteiger partial charge in [0.05, 0.1) is 19.3 Å². The molecule has 2 nitrogen and oxygen atoms in total. The summed E-state index contributed by atoms with van der Waals surface area (Å²) in [7, 11) is 3.77. The SMILES string of the molecule is CCCCCc1ccc(-c2ccc(-c3ccc(-c4ccc(CCCN(C)SOC)cc4)c(C)c3)c(C)c2)cc1. The van der Waals surface area contributed by atoms with E-state index < -0.39 is 0 Å². The second-order valence-corrected chi connectivity index (χ2v) is 11.7. The molecule has 0 aliphatic rings. The van der Waals surface area contributed by atoms with Gasteiger partial charge in [-0.25, -0.2) is 4.31 Å². The fourth-order valence-electron chi connectivity index (χ4n) is 5.29. The maximum Gasteiger partial charge on any atom is 0.0813 e. The molecule has 4 aromatic rings. The van der Waals surface area contributed by atoms with E-state index in [4.69, 9.17) is 4.18 Å². The van der Waals surface area contributed by atoms with E-state index in [0.717, 1.165) is 19.4 Å². The molecule has 204 valence electrons. The van der Waals surface area contributed by atoms with Crippen molar-refractivity contribution in [3.05, 3.63) is 107 Å². The fraction of sp³-hybridized carbons (Fsp3) is 0.333. The molecule has 3 heteroatoms. The number of nitrogens with zero attached hydrogens (tertiary/aromatic N) is 1. The van der Waals surface area contributed by atoms with Gasteiger partial charge in [0.25, 0.3) is 0 Å². The first-order valence-corrected chi connectivity index (χ1v) is 15.0. The topological polar surface area (TPSA) is 12.5 Å². The Bertz CT molecular complexity index is 1330. The van der Waals surface area contributed by atoms with Crippen LogP contribution in [0.3, 0.4) is 0 Å². The third-order valence-corrected chi connectivity index (χ3v) is 8.11. The summed E-state index contributed by atoms with van der Waals surface area (Å²) in [4.78, 5) is 0. The Kier molecular flexibility index (Phi) is 10.8. The van der Waals surface area contributed by atoms with Gasteiger partial charge >= 0.3 is 0 Å². The summed E-state index contributed by atoms with van der Waals surface area (Å²) in [6.07, 6.45) is 7.22. The van der Waals surface area contributed by atoms with Crippen molar-refractivity contribution in [3.63, 3.8) is 0 Å². The molecule has 4 aromatic carbocycles. The zero-order valence-electron chi connectivity index (χ0n) is 24.3. The van der Waals surface area contributed by atoms with Gasteiger partial charge in [-0.2, -0.15) is 0 Å². The Balaban J connectivity index is 1.43. The molecule has 0 radical (unpaired) electrons. The lowest BCUT2D eigenvalue weighted by molar-refractivity contribution is 0.431. The highest BCUT2D eigenvalue weighted by molar-refractivity contribution is 7.92. The van der Waals surface area contributed by atoms with Gasteiger partial charge in [-0.3, -0.25) is 0 Å². The Hall–Kier alpha value is -2.85. The molecule has 0 fully saturated rings. The largest absolute Gasteiger partial charge is 0.304 e. The van der Waals surface area contributed by atoms with Crippen molar-refractivity contribution in [2.24, 2.45) is 0 Å². The predicted octanol–water partition coefficient (Wildman–Crippen LogP) is 10.1. The molecular formula is C36H43NOS. The molecule has 0 heterocycles. The molecule has 0 spiro atoms. The maximum absolute atomic E-state index is 5.11. The van der Waals surface area contributed by atoms with Crippen LogP contribution in [0.25, 0.3) is 33.4 Å². The summed E-state index contributed by atoms with van der Waals surface area (Å²) in [6.45, 7) is 7.72. The van der Waals surface area contributed by atoms with Gasteiger partial charge in [0.15, 0.2) is 0 Å². The number of hydrogen-bond acceptors (Lipinski definition) is 3. The van der Waals surface area contributed by atoms with E-state index in [9.17, 15) is 0 Å². The van der Waals surface area contributed by atoms with Crippen LogP contribution in [0.1, 0.15) is 54.9 Å². The van der Waals surface area contributed by atoms with Gasteiger partial charge in [-0.15, -0.1) is 0 Å². The highest BCUT2D eigenvalue weighted by Gasteiger charge is 2.09. The monoisotopic (exact) mass is 537 g/mol. The summed E-state index contributed by atoms with van der Waals surface area (Å²) in [6, 6.07) is 32.0. The quantitative estimate of drug-likeness (QED) is 0.0956. The molecular weight excluding hydrogens is 494 g/mol. The van der Waals surface area contributed by atoms with E-state index in [1.165, 1.54) is 93.5 Å². The van der Waals surface area contributed by atoms with Gasteiger partial charge in [0.1, 0.15) is 0 Å². The van der Waals surface area contributed by atoms with Crippen molar-refractivity contribution in [1.29, 1.82) is 0 Å². The smallest absolute Gasteiger partial charge is 0.0813 e. The van der Waals surface area contributed by atoms with E-state index in [2.05, 4.69) is 117 Å². The Morgan fingerprint density at radius 1 is 0.615 bits per heavy atom. The summed E-state index contributed by atoms with van der Waals surface area (Å²) in [5.41, 5.74) is 13.2. The van der Waals surface area contributed by atoms with Crippen LogP contribution in [0.4, 0.5) is 0 Å². The summed E-state index contributed by atoms with van der Waals surface area (Å²) in [5, 5.41) is 0. The minimum absolute atomic E-state index is 1.01. The molecule has 0 bridgehead atoms. The highest BCUT2D eigenvalue weighted by atomic mass is 32.2. The summed E-state index contributed by atoms with van der Waals surface area (Å²) in [5.74, 6) is 0.